The Labute approximate surface area is 102 Å². The van der Waals surface area contributed by atoms with E-state index < -0.39 is 0 Å². The Morgan fingerprint density at radius 1 is 1.12 bits per heavy atom. The van der Waals surface area contributed by atoms with Gasteiger partial charge in [-0.3, -0.25) is 4.79 Å². The van der Waals surface area contributed by atoms with Gasteiger partial charge < -0.3 is 10.1 Å². The van der Waals surface area contributed by atoms with Gasteiger partial charge in [0.05, 0.1) is 5.38 Å². The van der Waals surface area contributed by atoms with Gasteiger partial charge in [0.15, 0.2) is 0 Å². The van der Waals surface area contributed by atoms with E-state index in [1.807, 2.05) is 0 Å². The van der Waals surface area contributed by atoms with Crippen LogP contribution in [-0.2, 0) is 9.53 Å². The third-order valence-corrected chi connectivity index (χ3v) is 4.00. The van der Waals surface area contributed by atoms with Gasteiger partial charge in [0.25, 0.3) is 0 Å². The first kappa shape index (κ1) is 12.2. The summed E-state index contributed by atoms with van der Waals surface area (Å²) in [4.78, 5) is 11.9. The number of alkyl halides is 1. The molecule has 2 rings (SSSR count). The summed E-state index contributed by atoms with van der Waals surface area (Å²) >= 11 is 6.28. The number of nitrogens with one attached hydrogen (secondary N) is 1. The van der Waals surface area contributed by atoms with Crippen LogP contribution in [0.5, 0.6) is 0 Å². The maximum absolute atomic E-state index is 11.9. The van der Waals surface area contributed by atoms with Crippen molar-refractivity contribution in [2.45, 2.75) is 62.5 Å². The van der Waals surface area contributed by atoms with Crippen LogP contribution in [0.3, 0.4) is 0 Å². The summed E-state index contributed by atoms with van der Waals surface area (Å²) in [5.74, 6) is 0.0371. The second kappa shape index (κ2) is 5.87. The normalized spacial score (nSPS) is 35.7. The molecular weight excluding hydrogens is 226 g/mol. The fourth-order valence-electron chi connectivity index (χ4n) is 2.49. The third kappa shape index (κ3) is 3.11. The minimum Gasteiger partial charge on any atom is -0.368 e. The largest absolute Gasteiger partial charge is 0.368 e. The lowest BCUT2D eigenvalue weighted by molar-refractivity contribution is -0.130. The lowest BCUT2D eigenvalue weighted by atomic mass is 10.1. The second-order valence-electron chi connectivity index (χ2n) is 4.77. The summed E-state index contributed by atoms with van der Waals surface area (Å²) < 4.78 is 5.37. The molecule has 0 radical (unpaired) electrons. The molecule has 1 saturated heterocycles. The molecule has 0 aromatic rings. The highest BCUT2D eigenvalue weighted by Crippen LogP contribution is 2.23. The molecule has 3 atom stereocenters. The number of amides is 1. The van der Waals surface area contributed by atoms with Gasteiger partial charge in [0.2, 0.25) is 5.91 Å². The highest BCUT2D eigenvalue weighted by atomic mass is 35.5. The van der Waals surface area contributed by atoms with Crippen molar-refractivity contribution in [1.82, 2.24) is 5.32 Å². The molecule has 2 fully saturated rings. The van der Waals surface area contributed by atoms with E-state index in [-0.39, 0.29) is 23.4 Å². The van der Waals surface area contributed by atoms with Crippen molar-refractivity contribution in [2.75, 3.05) is 6.61 Å². The molecule has 3 unspecified atom stereocenters. The van der Waals surface area contributed by atoms with Gasteiger partial charge in [0, 0.05) is 12.6 Å². The van der Waals surface area contributed by atoms with Crippen LogP contribution in [0.15, 0.2) is 0 Å². The Hall–Kier alpha value is -0.280. The van der Waals surface area contributed by atoms with Gasteiger partial charge in [-0.2, -0.15) is 0 Å². The average molecular weight is 246 g/mol. The molecule has 16 heavy (non-hydrogen) atoms. The van der Waals surface area contributed by atoms with E-state index in [0.717, 1.165) is 25.7 Å². The highest BCUT2D eigenvalue weighted by molar-refractivity contribution is 6.21. The van der Waals surface area contributed by atoms with Crippen molar-refractivity contribution in [3.05, 3.63) is 0 Å². The lowest BCUT2D eigenvalue weighted by Crippen LogP contribution is -2.45. The smallest absolute Gasteiger partial charge is 0.249 e. The molecule has 1 aliphatic carbocycles. The zero-order chi connectivity index (χ0) is 11.4. The minimum atomic E-state index is -0.230. The summed E-state index contributed by atoms with van der Waals surface area (Å²) in [7, 11) is 0. The zero-order valence-electron chi connectivity index (χ0n) is 9.58. The predicted octanol–water partition coefficient (Wildman–Crippen LogP) is 2.22. The maximum atomic E-state index is 11.9. The van der Waals surface area contributed by atoms with Crippen LogP contribution < -0.4 is 5.32 Å². The third-order valence-electron chi connectivity index (χ3n) is 3.48. The topological polar surface area (TPSA) is 38.3 Å². The van der Waals surface area contributed by atoms with Crippen molar-refractivity contribution in [3.63, 3.8) is 0 Å². The number of carbonyl (C=O) groups is 1. The van der Waals surface area contributed by atoms with E-state index in [0.29, 0.717) is 6.61 Å². The van der Waals surface area contributed by atoms with Crippen LogP contribution in [0.4, 0.5) is 0 Å². The first-order chi connectivity index (χ1) is 7.77. The number of ether oxygens (including phenoxy) is 1. The Morgan fingerprint density at radius 2 is 1.94 bits per heavy atom. The molecule has 1 saturated carbocycles. The molecule has 3 nitrogen and oxygen atoms in total. The van der Waals surface area contributed by atoms with E-state index in [2.05, 4.69) is 5.32 Å². The molecule has 2 aliphatic rings. The van der Waals surface area contributed by atoms with E-state index in [1.165, 1.54) is 19.3 Å². The van der Waals surface area contributed by atoms with Crippen LogP contribution in [0.25, 0.3) is 0 Å². The van der Waals surface area contributed by atoms with Crippen LogP contribution in [0.1, 0.15) is 44.9 Å². The quantitative estimate of drug-likeness (QED) is 0.599. The predicted molar refractivity (Wildman–Crippen MR) is 63.6 cm³/mol. The van der Waals surface area contributed by atoms with Crippen molar-refractivity contribution >= 4 is 17.5 Å². The Balaban J connectivity index is 1.84. The Kier molecular flexibility index (Phi) is 4.47. The van der Waals surface area contributed by atoms with Crippen molar-refractivity contribution < 1.29 is 9.53 Å². The SMILES string of the molecule is O=C(NC1CCCCCC1Cl)C1CCCO1. The highest BCUT2D eigenvalue weighted by Gasteiger charge is 2.28. The summed E-state index contributed by atoms with van der Waals surface area (Å²) in [6.07, 6.45) is 7.21. The molecule has 0 aromatic heterocycles. The van der Waals surface area contributed by atoms with E-state index >= 15 is 0 Å². The molecule has 0 aromatic carbocycles. The molecule has 1 heterocycles. The van der Waals surface area contributed by atoms with Crippen LogP contribution >= 0.6 is 11.6 Å². The summed E-state index contributed by atoms with van der Waals surface area (Å²) in [5.41, 5.74) is 0. The number of carbonyl (C=O) groups excluding carboxylic acids is 1. The fourth-order valence-corrected chi connectivity index (χ4v) is 2.83. The van der Waals surface area contributed by atoms with E-state index in [1.54, 1.807) is 0 Å². The van der Waals surface area contributed by atoms with Crippen molar-refractivity contribution in [1.29, 1.82) is 0 Å². The monoisotopic (exact) mass is 245 g/mol. The first-order valence-electron chi connectivity index (χ1n) is 6.33. The molecule has 1 N–H and O–H groups in total. The van der Waals surface area contributed by atoms with Crippen LogP contribution in [0, 0.1) is 0 Å². The number of halogens is 1. The van der Waals surface area contributed by atoms with Gasteiger partial charge in [0.1, 0.15) is 6.10 Å². The molecule has 4 heteroatoms. The van der Waals surface area contributed by atoms with Crippen LogP contribution in [0.2, 0.25) is 0 Å². The van der Waals surface area contributed by atoms with Crippen LogP contribution in [-0.4, -0.2) is 30.0 Å². The molecule has 92 valence electrons. The number of rotatable bonds is 2. The van der Waals surface area contributed by atoms with Gasteiger partial charge >= 0.3 is 0 Å². The zero-order valence-corrected chi connectivity index (χ0v) is 10.3. The van der Waals surface area contributed by atoms with Gasteiger partial charge in [-0.15, -0.1) is 11.6 Å². The Bertz CT molecular complexity index is 241. The number of hydrogen-bond donors (Lipinski definition) is 1. The van der Waals surface area contributed by atoms with Crippen molar-refractivity contribution in [3.8, 4) is 0 Å². The summed E-state index contributed by atoms with van der Waals surface area (Å²) in [6.45, 7) is 0.715. The first-order valence-corrected chi connectivity index (χ1v) is 6.77. The van der Waals surface area contributed by atoms with Gasteiger partial charge in [-0.05, 0) is 25.7 Å². The molecular formula is C12H20ClNO2. The van der Waals surface area contributed by atoms with Gasteiger partial charge in [-0.25, -0.2) is 0 Å². The molecule has 1 amide bonds. The minimum absolute atomic E-state index is 0.0371. The fraction of sp³-hybridized carbons (Fsp3) is 0.917. The van der Waals surface area contributed by atoms with E-state index in [9.17, 15) is 4.79 Å². The Morgan fingerprint density at radius 3 is 2.69 bits per heavy atom. The van der Waals surface area contributed by atoms with E-state index in [4.69, 9.17) is 16.3 Å². The molecule has 0 bridgehead atoms. The van der Waals surface area contributed by atoms with Crippen molar-refractivity contribution in [2.24, 2.45) is 0 Å². The molecule has 1 aliphatic heterocycles. The standard InChI is InChI=1S/C12H20ClNO2/c13-9-5-2-1-3-6-10(9)14-12(15)11-7-4-8-16-11/h9-11H,1-8H2,(H,14,15). The average Bonchev–Trinajstić information content (AvgIpc) is 2.73. The molecule has 0 spiro atoms. The maximum Gasteiger partial charge on any atom is 0.249 e. The summed E-state index contributed by atoms with van der Waals surface area (Å²) in [5, 5.41) is 3.15. The second-order valence-corrected chi connectivity index (χ2v) is 5.33. The summed E-state index contributed by atoms with van der Waals surface area (Å²) in [6, 6.07) is 0.140. The lowest BCUT2D eigenvalue weighted by Gasteiger charge is -2.22. The van der Waals surface area contributed by atoms with Gasteiger partial charge in [-0.1, -0.05) is 19.3 Å². The number of hydrogen-bond acceptors (Lipinski definition) is 2.